The van der Waals surface area contributed by atoms with Crippen LogP contribution in [0.2, 0.25) is 0 Å². The van der Waals surface area contributed by atoms with Crippen molar-refractivity contribution < 1.29 is 14.3 Å². The van der Waals surface area contributed by atoms with E-state index in [2.05, 4.69) is 10.3 Å². The van der Waals surface area contributed by atoms with E-state index in [1.807, 2.05) is 49.5 Å². The molecule has 128 valence electrons. The Labute approximate surface area is 146 Å². The van der Waals surface area contributed by atoms with Crippen LogP contribution in [-0.2, 0) is 16.0 Å². The van der Waals surface area contributed by atoms with Crippen LogP contribution in [0.1, 0.15) is 21.5 Å². The van der Waals surface area contributed by atoms with Crippen molar-refractivity contribution in [1.29, 1.82) is 0 Å². The van der Waals surface area contributed by atoms with E-state index in [1.165, 1.54) is 7.11 Å². The first kappa shape index (κ1) is 16.8. The van der Waals surface area contributed by atoms with Crippen molar-refractivity contribution in [2.24, 2.45) is 0 Å². The molecule has 1 amide bonds. The number of H-pyrrole nitrogens is 1. The Morgan fingerprint density at radius 3 is 2.56 bits per heavy atom. The number of para-hydroxylation sites is 1. The van der Waals surface area contributed by atoms with Crippen LogP contribution in [0, 0.1) is 6.92 Å². The van der Waals surface area contributed by atoms with E-state index in [9.17, 15) is 9.59 Å². The predicted molar refractivity (Wildman–Crippen MR) is 96.5 cm³/mol. The molecule has 3 aromatic rings. The molecule has 0 aliphatic rings. The summed E-state index contributed by atoms with van der Waals surface area (Å²) in [6, 6.07) is 14.3. The van der Waals surface area contributed by atoms with Crippen molar-refractivity contribution in [1.82, 2.24) is 10.3 Å². The smallest absolute Gasteiger partial charge is 0.328 e. The van der Waals surface area contributed by atoms with Crippen LogP contribution >= 0.6 is 0 Å². The number of benzene rings is 2. The maximum Gasteiger partial charge on any atom is 0.328 e. The molecule has 0 spiro atoms. The molecule has 0 fully saturated rings. The molecular weight excluding hydrogens is 316 g/mol. The van der Waals surface area contributed by atoms with E-state index in [4.69, 9.17) is 4.74 Å². The molecule has 5 heteroatoms. The predicted octanol–water partition coefficient (Wildman–Crippen LogP) is 2.99. The SMILES string of the molecule is COC(=O)[C@H](Cc1c[nH]c2ccccc12)NC(=O)c1ccc(C)cc1. The molecule has 2 N–H and O–H groups in total. The van der Waals surface area contributed by atoms with Crippen LogP contribution < -0.4 is 5.32 Å². The lowest BCUT2D eigenvalue weighted by molar-refractivity contribution is -0.142. The number of hydrogen-bond donors (Lipinski definition) is 2. The zero-order chi connectivity index (χ0) is 17.8. The number of fused-ring (bicyclic) bond motifs is 1. The molecule has 0 radical (unpaired) electrons. The third-order valence-corrected chi connectivity index (χ3v) is 4.20. The van der Waals surface area contributed by atoms with Crippen LogP contribution in [0.5, 0.6) is 0 Å². The highest BCUT2D eigenvalue weighted by Gasteiger charge is 2.23. The zero-order valence-corrected chi connectivity index (χ0v) is 14.2. The number of carbonyl (C=O) groups excluding carboxylic acids is 2. The monoisotopic (exact) mass is 336 g/mol. The molecule has 25 heavy (non-hydrogen) atoms. The topological polar surface area (TPSA) is 71.2 Å². The molecule has 1 aromatic heterocycles. The minimum atomic E-state index is -0.752. The molecule has 0 bridgehead atoms. The van der Waals surface area contributed by atoms with Crippen LogP contribution in [-0.4, -0.2) is 30.0 Å². The van der Waals surface area contributed by atoms with Gasteiger partial charge in [0.1, 0.15) is 6.04 Å². The van der Waals surface area contributed by atoms with Gasteiger partial charge in [0.05, 0.1) is 7.11 Å². The molecule has 3 rings (SSSR count). The average Bonchev–Trinajstić information content (AvgIpc) is 3.04. The van der Waals surface area contributed by atoms with Gasteiger partial charge in [0.25, 0.3) is 5.91 Å². The number of ether oxygens (including phenoxy) is 1. The number of methoxy groups -OCH3 is 1. The van der Waals surface area contributed by atoms with Crippen LogP contribution in [0.4, 0.5) is 0 Å². The van der Waals surface area contributed by atoms with E-state index in [1.54, 1.807) is 12.1 Å². The number of aryl methyl sites for hydroxylation is 1. The van der Waals surface area contributed by atoms with Gasteiger partial charge >= 0.3 is 5.97 Å². The van der Waals surface area contributed by atoms with Gasteiger partial charge in [0.2, 0.25) is 0 Å². The average molecular weight is 336 g/mol. The minimum absolute atomic E-state index is 0.296. The van der Waals surface area contributed by atoms with Crippen molar-refractivity contribution >= 4 is 22.8 Å². The van der Waals surface area contributed by atoms with E-state index >= 15 is 0 Å². The standard InChI is InChI=1S/C20H20N2O3/c1-13-7-9-14(10-8-13)19(23)22-18(20(24)25-2)11-15-12-21-17-6-4-3-5-16(15)17/h3-10,12,18,21H,11H2,1-2H3,(H,22,23)/t18-/m0/s1. The molecule has 0 aliphatic carbocycles. The Morgan fingerprint density at radius 2 is 1.84 bits per heavy atom. The van der Waals surface area contributed by atoms with Gasteiger partial charge in [0.15, 0.2) is 0 Å². The highest BCUT2D eigenvalue weighted by atomic mass is 16.5. The number of aromatic amines is 1. The highest BCUT2D eigenvalue weighted by Crippen LogP contribution is 2.19. The Bertz CT molecular complexity index is 897. The molecule has 5 nitrogen and oxygen atoms in total. The molecule has 0 unspecified atom stereocenters. The molecule has 1 heterocycles. The summed E-state index contributed by atoms with van der Waals surface area (Å²) in [5, 5.41) is 3.81. The first-order chi connectivity index (χ1) is 12.1. The normalized spacial score (nSPS) is 11.9. The van der Waals surface area contributed by atoms with E-state index in [-0.39, 0.29) is 5.91 Å². The van der Waals surface area contributed by atoms with Crippen molar-refractivity contribution in [3.05, 3.63) is 71.4 Å². The number of amides is 1. The third kappa shape index (κ3) is 3.71. The maximum absolute atomic E-state index is 12.5. The molecule has 0 aliphatic heterocycles. The third-order valence-electron chi connectivity index (χ3n) is 4.20. The Morgan fingerprint density at radius 1 is 1.12 bits per heavy atom. The summed E-state index contributed by atoms with van der Waals surface area (Å²) in [5.41, 5.74) is 3.53. The van der Waals surface area contributed by atoms with E-state index < -0.39 is 12.0 Å². The van der Waals surface area contributed by atoms with Gasteiger partial charge in [-0.25, -0.2) is 4.79 Å². The number of hydrogen-bond acceptors (Lipinski definition) is 3. The van der Waals surface area contributed by atoms with Crippen molar-refractivity contribution in [3.63, 3.8) is 0 Å². The highest BCUT2D eigenvalue weighted by molar-refractivity contribution is 5.97. The zero-order valence-electron chi connectivity index (χ0n) is 14.2. The first-order valence-electron chi connectivity index (χ1n) is 8.09. The summed E-state index contributed by atoms with van der Waals surface area (Å²) < 4.78 is 4.87. The van der Waals surface area contributed by atoms with E-state index in [0.717, 1.165) is 22.0 Å². The van der Waals surface area contributed by atoms with Gasteiger partial charge < -0.3 is 15.0 Å². The number of carbonyl (C=O) groups is 2. The van der Waals surface area contributed by atoms with Gasteiger partial charge in [-0.1, -0.05) is 35.9 Å². The first-order valence-corrected chi connectivity index (χ1v) is 8.09. The second kappa shape index (κ2) is 7.21. The number of nitrogens with one attached hydrogen (secondary N) is 2. The van der Waals surface area contributed by atoms with E-state index in [0.29, 0.717) is 12.0 Å². The summed E-state index contributed by atoms with van der Waals surface area (Å²) >= 11 is 0. The fraction of sp³-hybridized carbons (Fsp3) is 0.200. The molecular formula is C20H20N2O3. The van der Waals surface area contributed by atoms with Crippen molar-refractivity contribution in [2.45, 2.75) is 19.4 Å². The summed E-state index contributed by atoms with van der Waals surface area (Å²) in [6.45, 7) is 1.95. The Kier molecular flexibility index (Phi) is 4.84. The van der Waals surface area contributed by atoms with Gasteiger partial charge in [-0.05, 0) is 30.7 Å². The molecule has 1 atom stereocenters. The van der Waals surface area contributed by atoms with Crippen molar-refractivity contribution in [3.8, 4) is 0 Å². The largest absolute Gasteiger partial charge is 0.467 e. The van der Waals surface area contributed by atoms with Crippen LogP contribution in [0.25, 0.3) is 10.9 Å². The fourth-order valence-electron chi connectivity index (χ4n) is 2.80. The minimum Gasteiger partial charge on any atom is -0.467 e. The molecule has 0 saturated carbocycles. The lowest BCUT2D eigenvalue weighted by Crippen LogP contribution is -2.43. The maximum atomic E-state index is 12.5. The van der Waals surface area contributed by atoms with Gasteiger partial charge in [-0.2, -0.15) is 0 Å². The number of rotatable bonds is 5. The number of esters is 1. The van der Waals surface area contributed by atoms with Crippen LogP contribution in [0.3, 0.4) is 0 Å². The second-order valence-corrected chi connectivity index (χ2v) is 5.98. The van der Waals surface area contributed by atoms with Gasteiger partial charge in [-0.3, -0.25) is 4.79 Å². The second-order valence-electron chi connectivity index (χ2n) is 5.98. The molecule has 0 saturated heterocycles. The summed E-state index contributed by atoms with van der Waals surface area (Å²) in [7, 11) is 1.32. The quantitative estimate of drug-likeness (QED) is 0.704. The van der Waals surface area contributed by atoms with Crippen molar-refractivity contribution in [2.75, 3.05) is 7.11 Å². The summed E-state index contributed by atoms with van der Waals surface area (Å²) in [6.07, 6.45) is 2.22. The molecule has 2 aromatic carbocycles. The lowest BCUT2D eigenvalue weighted by atomic mass is 10.0. The summed E-state index contributed by atoms with van der Waals surface area (Å²) in [4.78, 5) is 27.8. The lowest BCUT2D eigenvalue weighted by Gasteiger charge is -2.16. The van der Waals surface area contributed by atoms with Gasteiger partial charge in [-0.15, -0.1) is 0 Å². The number of aromatic nitrogens is 1. The fourth-order valence-corrected chi connectivity index (χ4v) is 2.80. The Balaban J connectivity index is 1.81. The van der Waals surface area contributed by atoms with Crippen LogP contribution in [0.15, 0.2) is 54.7 Å². The summed E-state index contributed by atoms with van der Waals surface area (Å²) in [5.74, 6) is -0.763. The van der Waals surface area contributed by atoms with Gasteiger partial charge in [0, 0.05) is 29.1 Å². The Hall–Kier alpha value is -3.08.